The van der Waals surface area contributed by atoms with Crippen LogP contribution in [0.2, 0.25) is 0 Å². The lowest BCUT2D eigenvalue weighted by molar-refractivity contribution is -0.136. The SMILES string of the molecule is CC/C=C\C/C=C\CC(O)/C=C/C1C(O)CC(O)C1C/C=C\CCC(=O)O. The van der Waals surface area contributed by atoms with E-state index in [1.807, 2.05) is 24.3 Å². The molecular formula is C22H34O5. The van der Waals surface area contributed by atoms with E-state index in [4.69, 9.17) is 5.11 Å². The van der Waals surface area contributed by atoms with Gasteiger partial charge in [0, 0.05) is 18.8 Å². The Morgan fingerprint density at radius 2 is 1.81 bits per heavy atom. The first-order chi connectivity index (χ1) is 13.0. The molecule has 0 aromatic rings. The quantitative estimate of drug-likeness (QED) is 0.390. The number of hydrogen-bond acceptors (Lipinski definition) is 4. The predicted octanol–water partition coefficient (Wildman–Crippen LogP) is 3.38. The molecule has 1 rings (SSSR count). The Balaban J connectivity index is 2.49. The summed E-state index contributed by atoms with van der Waals surface area (Å²) in [6.45, 7) is 2.09. The highest BCUT2D eigenvalue weighted by Crippen LogP contribution is 2.36. The van der Waals surface area contributed by atoms with Gasteiger partial charge in [-0.05, 0) is 38.0 Å². The molecule has 0 bridgehead atoms. The molecule has 1 aliphatic carbocycles. The van der Waals surface area contributed by atoms with Crippen molar-refractivity contribution in [3.63, 3.8) is 0 Å². The molecule has 0 radical (unpaired) electrons. The van der Waals surface area contributed by atoms with Gasteiger partial charge in [-0.2, -0.15) is 0 Å². The zero-order valence-corrected chi connectivity index (χ0v) is 16.2. The Morgan fingerprint density at radius 3 is 2.52 bits per heavy atom. The van der Waals surface area contributed by atoms with Crippen LogP contribution in [0.1, 0.15) is 51.9 Å². The number of aliphatic carboxylic acids is 1. The second-order valence-corrected chi connectivity index (χ2v) is 7.03. The smallest absolute Gasteiger partial charge is 0.303 e. The van der Waals surface area contributed by atoms with Gasteiger partial charge in [-0.15, -0.1) is 0 Å². The molecule has 1 fully saturated rings. The molecule has 152 valence electrons. The summed E-state index contributed by atoms with van der Waals surface area (Å²) in [6.07, 6.45) is 17.3. The average molecular weight is 379 g/mol. The third-order valence-electron chi connectivity index (χ3n) is 4.79. The van der Waals surface area contributed by atoms with Crippen LogP contribution in [0.5, 0.6) is 0 Å². The number of carboxylic acids is 1. The van der Waals surface area contributed by atoms with E-state index in [0.29, 0.717) is 25.7 Å². The van der Waals surface area contributed by atoms with Gasteiger partial charge in [0.25, 0.3) is 0 Å². The van der Waals surface area contributed by atoms with Gasteiger partial charge in [-0.3, -0.25) is 4.79 Å². The second kappa shape index (κ2) is 13.5. The predicted molar refractivity (Wildman–Crippen MR) is 107 cm³/mol. The standard InChI is InChI=1S/C22H34O5/c1-2-3-4-5-6-8-11-17(23)14-15-19-18(20(24)16-21(19)25)12-9-7-10-13-22(26)27/h3-4,6-9,14-15,17-21,23-25H,2,5,10-13,16H2,1H3,(H,26,27)/b4-3-,8-6-,9-7-,15-14+. The highest BCUT2D eigenvalue weighted by atomic mass is 16.4. The maximum atomic E-state index is 10.5. The van der Waals surface area contributed by atoms with Crippen molar-refractivity contribution in [1.29, 1.82) is 0 Å². The molecule has 0 spiro atoms. The van der Waals surface area contributed by atoms with Crippen LogP contribution >= 0.6 is 0 Å². The summed E-state index contributed by atoms with van der Waals surface area (Å²) in [5.41, 5.74) is 0. The van der Waals surface area contributed by atoms with Gasteiger partial charge in [-0.25, -0.2) is 0 Å². The first-order valence-corrected chi connectivity index (χ1v) is 9.85. The number of carboxylic acid groups (broad SMARTS) is 1. The zero-order chi connectivity index (χ0) is 20.1. The summed E-state index contributed by atoms with van der Waals surface area (Å²) < 4.78 is 0. The Bertz CT molecular complexity index is 535. The lowest BCUT2D eigenvalue weighted by atomic mass is 9.89. The maximum Gasteiger partial charge on any atom is 0.303 e. The lowest BCUT2D eigenvalue weighted by Gasteiger charge is -2.19. The molecule has 5 atom stereocenters. The van der Waals surface area contributed by atoms with Crippen molar-refractivity contribution >= 4 is 5.97 Å². The third-order valence-corrected chi connectivity index (χ3v) is 4.79. The van der Waals surface area contributed by atoms with Gasteiger partial charge in [0.2, 0.25) is 0 Å². The summed E-state index contributed by atoms with van der Waals surface area (Å²) in [5.74, 6) is -1.17. The molecule has 4 N–H and O–H groups in total. The average Bonchev–Trinajstić information content (AvgIpc) is 2.88. The molecule has 5 nitrogen and oxygen atoms in total. The summed E-state index contributed by atoms with van der Waals surface area (Å²) in [4.78, 5) is 10.5. The van der Waals surface area contributed by atoms with E-state index >= 15 is 0 Å². The molecule has 27 heavy (non-hydrogen) atoms. The fourth-order valence-corrected chi connectivity index (χ4v) is 3.29. The van der Waals surface area contributed by atoms with Crippen LogP contribution < -0.4 is 0 Å². The van der Waals surface area contributed by atoms with E-state index in [1.54, 1.807) is 12.2 Å². The minimum atomic E-state index is -0.832. The summed E-state index contributed by atoms with van der Waals surface area (Å²) >= 11 is 0. The molecule has 0 aromatic heterocycles. The second-order valence-electron chi connectivity index (χ2n) is 7.03. The first-order valence-electron chi connectivity index (χ1n) is 9.85. The largest absolute Gasteiger partial charge is 0.481 e. The molecule has 0 amide bonds. The molecular weight excluding hydrogens is 344 g/mol. The van der Waals surface area contributed by atoms with Crippen molar-refractivity contribution in [2.45, 2.75) is 70.2 Å². The van der Waals surface area contributed by atoms with E-state index in [2.05, 4.69) is 19.1 Å². The molecule has 0 aromatic carbocycles. The minimum Gasteiger partial charge on any atom is -0.481 e. The van der Waals surface area contributed by atoms with Crippen LogP contribution in [0.25, 0.3) is 0 Å². The highest BCUT2D eigenvalue weighted by Gasteiger charge is 2.39. The van der Waals surface area contributed by atoms with Gasteiger partial charge in [0.15, 0.2) is 0 Å². The van der Waals surface area contributed by atoms with Crippen molar-refractivity contribution in [2.24, 2.45) is 11.8 Å². The van der Waals surface area contributed by atoms with Crippen LogP contribution in [-0.4, -0.2) is 44.7 Å². The monoisotopic (exact) mass is 378 g/mol. The summed E-state index contributed by atoms with van der Waals surface area (Å²) in [6, 6.07) is 0. The molecule has 5 unspecified atom stereocenters. The van der Waals surface area contributed by atoms with Crippen molar-refractivity contribution < 1.29 is 25.2 Å². The Kier molecular flexibility index (Phi) is 11.7. The van der Waals surface area contributed by atoms with Gasteiger partial charge < -0.3 is 20.4 Å². The molecule has 0 heterocycles. The molecule has 1 saturated carbocycles. The Labute approximate surface area is 162 Å². The van der Waals surface area contributed by atoms with Crippen LogP contribution in [0.15, 0.2) is 48.6 Å². The Morgan fingerprint density at radius 1 is 1.07 bits per heavy atom. The minimum absolute atomic E-state index is 0.0869. The van der Waals surface area contributed by atoms with E-state index < -0.39 is 24.3 Å². The fraction of sp³-hybridized carbons (Fsp3) is 0.591. The van der Waals surface area contributed by atoms with E-state index in [1.165, 1.54) is 0 Å². The van der Waals surface area contributed by atoms with Gasteiger partial charge >= 0.3 is 5.97 Å². The maximum absolute atomic E-state index is 10.5. The number of carbonyl (C=O) groups is 1. The van der Waals surface area contributed by atoms with Crippen molar-refractivity contribution in [3.8, 4) is 0 Å². The normalized spacial score (nSPS) is 27.6. The lowest BCUT2D eigenvalue weighted by Crippen LogP contribution is -2.20. The molecule has 5 heteroatoms. The van der Waals surface area contributed by atoms with Crippen LogP contribution in [0, 0.1) is 11.8 Å². The van der Waals surface area contributed by atoms with Crippen molar-refractivity contribution in [1.82, 2.24) is 0 Å². The summed E-state index contributed by atoms with van der Waals surface area (Å²) in [5, 5.41) is 39.1. The number of aliphatic hydroxyl groups excluding tert-OH is 3. The van der Waals surface area contributed by atoms with Crippen molar-refractivity contribution in [3.05, 3.63) is 48.6 Å². The van der Waals surface area contributed by atoms with Crippen LogP contribution in [-0.2, 0) is 4.79 Å². The van der Waals surface area contributed by atoms with Crippen LogP contribution in [0.3, 0.4) is 0 Å². The fourth-order valence-electron chi connectivity index (χ4n) is 3.29. The van der Waals surface area contributed by atoms with Gasteiger partial charge in [-0.1, -0.05) is 55.5 Å². The molecule has 0 saturated heterocycles. The molecule has 1 aliphatic rings. The first kappa shape index (κ1) is 23.3. The van der Waals surface area contributed by atoms with Crippen molar-refractivity contribution in [2.75, 3.05) is 0 Å². The highest BCUT2D eigenvalue weighted by molar-refractivity contribution is 5.66. The third kappa shape index (κ3) is 9.70. The van der Waals surface area contributed by atoms with Crippen LogP contribution in [0.4, 0.5) is 0 Å². The summed E-state index contributed by atoms with van der Waals surface area (Å²) in [7, 11) is 0. The number of aliphatic hydroxyl groups is 3. The topological polar surface area (TPSA) is 98.0 Å². The number of rotatable bonds is 12. The van der Waals surface area contributed by atoms with Gasteiger partial charge in [0.05, 0.1) is 18.3 Å². The Hall–Kier alpha value is -1.69. The molecule has 0 aliphatic heterocycles. The number of hydrogen-bond donors (Lipinski definition) is 4. The van der Waals surface area contributed by atoms with E-state index in [-0.39, 0.29) is 18.3 Å². The van der Waals surface area contributed by atoms with Gasteiger partial charge in [0.1, 0.15) is 0 Å². The van der Waals surface area contributed by atoms with E-state index in [0.717, 1.165) is 12.8 Å². The number of allylic oxidation sites excluding steroid dienone is 5. The zero-order valence-electron chi connectivity index (χ0n) is 16.2. The van der Waals surface area contributed by atoms with E-state index in [9.17, 15) is 20.1 Å².